The van der Waals surface area contributed by atoms with Crippen molar-refractivity contribution in [3.63, 3.8) is 0 Å². The Kier molecular flexibility index (Phi) is 4.75. The fourth-order valence-electron chi connectivity index (χ4n) is 5.35. The van der Waals surface area contributed by atoms with Gasteiger partial charge in [-0.2, -0.15) is 5.10 Å². The maximum atomic E-state index is 14.2. The summed E-state index contributed by atoms with van der Waals surface area (Å²) in [6.07, 6.45) is 8.06. The fraction of sp³-hybridized carbons (Fsp3) is 0.417. The minimum atomic E-state index is -0.236. The summed E-state index contributed by atoms with van der Waals surface area (Å²) in [6, 6.07) is 7.34. The Labute approximate surface area is 185 Å². The van der Waals surface area contributed by atoms with E-state index in [0.717, 1.165) is 41.8 Å². The van der Waals surface area contributed by atoms with Crippen LogP contribution >= 0.6 is 0 Å². The van der Waals surface area contributed by atoms with E-state index in [2.05, 4.69) is 27.9 Å². The Morgan fingerprint density at radius 2 is 1.97 bits per heavy atom. The lowest BCUT2D eigenvalue weighted by atomic mass is 10.1. The van der Waals surface area contributed by atoms with E-state index in [0.29, 0.717) is 36.2 Å². The number of hydrogen-bond donors (Lipinski definition) is 0. The van der Waals surface area contributed by atoms with Crippen LogP contribution in [0.2, 0.25) is 0 Å². The van der Waals surface area contributed by atoms with Crippen molar-refractivity contribution in [3.8, 4) is 11.5 Å². The molecule has 5 heterocycles. The predicted octanol–water partition coefficient (Wildman–Crippen LogP) is 1.47. The number of likely N-dealkylation sites (tertiary alicyclic amines) is 1. The SMILES string of the molecule is CN1CC2CCN(c3cnc(-c4nn(Cc5ccccc5F)c5c4=CCCN=5)nc3)C2C1. The van der Waals surface area contributed by atoms with Crippen LogP contribution < -0.4 is 15.6 Å². The number of nitrogens with zero attached hydrogens (tertiary/aromatic N) is 7. The van der Waals surface area contributed by atoms with Crippen LogP contribution in [0.25, 0.3) is 17.6 Å². The van der Waals surface area contributed by atoms with Crippen LogP contribution in [0, 0.1) is 11.7 Å². The van der Waals surface area contributed by atoms with Crippen molar-refractivity contribution < 1.29 is 4.39 Å². The van der Waals surface area contributed by atoms with E-state index in [-0.39, 0.29) is 5.82 Å². The van der Waals surface area contributed by atoms with E-state index in [1.165, 1.54) is 19.0 Å². The molecule has 0 spiro atoms. The normalized spacial score (nSPS) is 22.4. The molecule has 8 heteroatoms. The van der Waals surface area contributed by atoms with E-state index in [1.54, 1.807) is 16.8 Å². The van der Waals surface area contributed by atoms with Gasteiger partial charge in [0.1, 0.15) is 11.5 Å². The first-order valence-corrected chi connectivity index (χ1v) is 11.3. The molecule has 2 saturated heterocycles. The Morgan fingerprint density at radius 1 is 1.12 bits per heavy atom. The standard InChI is InChI=1S/C24H26FN7/c1-30-13-17-8-10-31(21(17)15-30)18-11-27-23(28-12-18)22-19-6-4-9-26-24(19)32(29-22)14-16-5-2-3-7-20(16)25/h2-3,5-7,11-12,17,21H,4,8-10,13-15H2,1H3. The van der Waals surface area contributed by atoms with Crippen molar-refractivity contribution in [2.45, 2.75) is 25.4 Å². The van der Waals surface area contributed by atoms with Crippen LogP contribution in [0.1, 0.15) is 18.4 Å². The molecule has 164 valence electrons. The van der Waals surface area contributed by atoms with Crippen LogP contribution in [-0.4, -0.2) is 63.9 Å². The van der Waals surface area contributed by atoms with E-state index in [4.69, 9.17) is 15.1 Å². The molecule has 2 unspecified atom stereocenters. The minimum absolute atomic E-state index is 0.236. The number of anilines is 1. The lowest BCUT2D eigenvalue weighted by Crippen LogP contribution is -2.34. The summed E-state index contributed by atoms with van der Waals surface area (Å²) in [4.78, 5) is 18.9. The summed E-state index contributed by atoms with van der Waals surface area (Å²) in [5.41, 5.74) is 3.15. The zero-order valence-corrected chi connectivity index (χ0v) is 18.2. The number of aromatic nitrogens is 4. The summed E-state index contributed by atoms with van der Waals surface area (Å²) in [5, 5.41) is 5.71. The molecule has 6 rings (SSSR count). The third-order valence-electron chi connectivity index (χ3n) is 6.89. The fourth-order valence-corrected chi connectivity index (χ4v) is 5.35. The van der Waals surface area contributed by atoms with Crippen molar-refractivity contribution in [2.75, 3.05) is 38.1 Å². The first-order valence-electron chi connectivity index (χ1n) is 11.3. The van der Waals surface area contributed by atoms with E-state index >= 15 is 0 Å². The summed E-state index contributed by atoms with van der Waals surface area (Å²) >= 11 is 0. The van der Waals surface area contributed by atoms with Gasteiger partial charge >= 0.3 is 0 Å². The number of halogens is 1. The zero-order valence-electron chi connectivity index (χ0n) is 18.2. The molecule has 0 amide bonds. The van der Waals surface area contributed by atoms with Crippen LogP contribution in [0.3, 0.4) is 0 Å². The number of likely N-dealkylation sites (N-methyl/N-ethyl adjacent to an activating group) is 1. The third-order valence-corrected chi connectivity index (χ3v) is 6.89. The third kappa shape index (κ3) is 3.30. The molecule has 2 atom stereocenters. The van der Waals surface area contributed by atoms with Crippen molar-refractivity contribution in [1.29, 1.82) is 0 Å². The van der Waals surface area contributed by atoms with Crippen LogP contribution in [0.5, 0.6) is 0 Å². The smallest absolute Gasteiger partial charge is 0.180 e. The van der Waals surface area contributed by atoms with Gasteiger partial charge in [-0.1, -0.05) is 24.3 Å². The second kappa shape index (κ2) is 7.78. The molecule has 2 fully saturated rings. The highest BCUT2D eigenvalue weighted by Gasteiger charge is 2.40. The van der Waals surface area contributed by atoms with Gasteiger partial charge in [-0.3, -0.25) is 4.99 Å². The van der Waals surface area contributed by atoms with Crippen LogP contribution in [-0.2, 0) is 6.54 Å². The molecule has 0 aliphatic carbocycles. The maximum Gasteiger partial charge on any atom is 0.180 e. The van der Waals surface area contributed by atoms with E-state index in [9.17, 15) is 4.39 Å². The van der Waals surface area contributed by atoms with Gasteiger partial charge in [0.05, 0.1) is 24.6 Å². The topological polar surface area (TPSA) is 62.4 Å². The number of fused-ring (bicyclic) bond motifs is 2. The summed E-state index contributed by atoms with van der Waals surface area (Å²) in [6.45, 7) is 4.36. The number of rotatable bonds is 4. The Morgan fingerprint density at radius 3 is 2.81 bits per heavy atom. The highest BCUT2D eigenvalue weighted by molar-refractivity contribution is 5.55. The molecule has 32 heavy (non-hydrogen) atoms. The second-order valence-electron chi connectivity index (χ2n) is 9.01. The lowest BCUT2D eigenvalue weighted by molar-refractivity contribution is 0.386. The Hall–Kier alpha value is -3.13. The van der Waals surface area contributed by atoms with Gasteiger partial charge in [0.15, 0.2) is 11.3 Å². The largest absolute Gasteiger partial charge is 0.364 e. The Bertz CT molecular complexity index is 1270. The van der Waals surface area contributed by atoms with Crippen molar-refractivity contribution in [2.24, 2.45) is 10.9 Å². The molecule has 3 aliphatic heterocycles. The minimum Gasteiger partial charge on any atom is -0.364 e. The molecule has 3 aromatic rings. The highest BCUT2D eigenvalue weighted by atomic mass is 19.1. The predicted molar refractivity (Wildman–Crippen MR) is 120 cm³/mol. The van der Waals surface area contributed by atoms with Crippen LogP contribution in [0.15, 0.2) is 41.7 Å². The molecule has 1 aromatic carbocycles. The van der Waals surface area contributed by atoms with Gasteiger partial charge in [0.2, 0.25) is 0 Å². The van der Waals surface area contributed by atoms with Crippen molar-refractivity contribution >= 4 is 11.8 Å². The molecule has 7 nitrogen and oxygen atoms in total. The van der Waals surface area contributed by atoms with Gasteiger partial charge in [0.25, 0.3) is 0 Å². The number of benzene rings is 1. The molecular formula is C24H26FN7. The van der Waals surface area contributed by atoms with Gasteiger partial charge in [-0.05, 0) is 31.9 Å². The van der Waals surface area contributed by atoms with E-state index in [1.807, 2.05) is 18.5 Å². The molecule has 0 saturated carbocycles. The molecule has 0 radical (unpaired) electrons. The molecule has 3 aliphatic rings. The second-order valence-corrected chi connectivity index (χ2v) is 9.01. The van der Waals surface area contributed by atoms with Crippen molar-refractivity contribution in [3.05, 3.63) is 58.7 Å². The van der Waals surface area contributed by atoms with Gasteiger partial charge in [-0.15, -0.1) is 0 Å². The lowest BCUT2D eigenvalue weighted by Gasteiger charge is -2.25. The average Bonchev–Trinajstić information content (AvgIpc) is 3.48. The Balaban J connectivity index is 1.33. The molecule has 0 bridgehead atoms. The highest BCUT2D eigenvalue weighted by Crippen LogP contribution is 2.34. The summed E-state index contributed by atoms with van der Waals surface area (Å²) in [5.74, 6) is 1.09. The number of hydrogen-bond acceptors (Lipinski definition) is 6. The first kappa shape index (κ1) is 19.5. The van der Waals surface area contributed by atoms with Gasteiger partial charge in [0, 0.05) is 43.0 Å². The van der Waals surface area contributed by atoms with Crippen LogP contribution in [0.4, 0.5) is 10.1 Å². The molecule has 2 aromatic heterocycles. The molecular weight excluding hydrogens is 405 g/mol. The van der Waals surface area contributed by atoms with E-state index < -0.39 is 0 Å². The average molecular weight is 432 g/mol. The van der Waals surface area contributed by atoms with Crippen molar-refractivity contribution in [1.82, 2.24) is 24.6 Å². The first-order chi connectivity index (χ1) is 15.7. The summed E-state index contributed by atoms with van der Waals surface area (Å²) in [7, 11) is 2.19. The maximum absolute atomic E-state index is 14.2. The zero-order chi connectivity index (χ0) is 21.7. The molecule has 0 N–H and O–H groups in total. The van der Waals surface area contributed by atoms with Gasteiger partial charge in [-0.25, -0.2) is 19.0 Å². The monoisotopic (exact) mass is 431 g/mol. The quantitative estimate of drug-likeness (QED) is 0.626. The van der Waals surface area contributed by atoms with Gasteiger partial charge < -0.3 is 9.80 Å². The summed E-state index contributed by atoms with van der Waals surface area (Å²) < 4.78 is 16.0.